The number of likely N-dealkylation sites (N-methyl/N-ethyl adjacent to an activating group) is 1. The molecule has 2 N–H and O–H groups in total. The van der Waals surface area contributed by atoms with Crippen molar-refractivity contribution in [1.29, 1.82) is 0 Å². The molecule has 2 fully saturated rings. The summed E-state index contributed by atoms with van der Waals surface area (Å²) >= 11 is 3.45. The smallest absolute Gasteiger partial charge is 0.261 e. The van der Waals surface area contributed by atoms with Crippen molar-refractivity contribution >= 4 is 45.5 Å². The zero-order chi connectivity index (χ0) is 28.6. The van der Waals surface area contributed by atoms with Gasteiger partial charge in [-0.2, -0.15) is 0 Å². The van der Waals surface area contributed by atoms with Gasteiger partial charge in [-0.15, -0.1) is 0 Å². The third kappa shape index (κ3) is 6.89. The van der Waals surface area contributed by atoms with E-state index in [2.05, 4.69) is 26.6 Å². The summed E-state index contributed by atoms with van der Waals surface area (Å²) in [4.78, 5) is 66.9. The number of amides is 5. The summed E-state index contributed by atoms with van der Waals surface area (Å²) < 4.78 is 0. The third-order valence-corrected chi connectivity index (χ3v) is 8.59. The zero-order valence-electron chi connectivity index (χ0n) is 22.9. The Morgan fingerprint density at radius 1 is 0.975 bits per heavy atom. The molecule has 3 atom stereocenters. The molecule has 40 heavy (non-hydrogen) atoms. The van der Waals surface area contributed by atoms with Crippen LogP contribution in [-0.2, 0) is 30.4 Å². The van der Waals surface area contributed by atoms with Crippen LogP contribution in [0.5, 0.6) is 0 Å². The molecule has 214 valence electrons. The van der Waals surface area contributed by atoms with E-state index >= 15 is 0 Å². The second-order valence-electron chi connectivity index (χ2n) is 10.4. The molecule has 2 aliphatic heterocycles. The molecular formula is C30H37BrN4O5. The quantitative estimate of drug-likeness (QED) is 0.226. The number of unbranched alkanes of at least 4 members (excludes halogenated alkanes) is 1. The fraction of sp³-hybridized carbons (Fsp3) is 0.500. The van der Waals surface area contributed by atoms with Crippen molar-refractivity contribution in [1.82, 2.24) is 20.4 Å². The number of imide groups is 1. The first-order valence-corrected chi connectivity index (χ1v) is 15.0. The molecule has 5 amide bonds. The van der Waals surface area contributed by atoms with Crippen LogP contribution in [0.2, 0.25) is 0 Å². The lowest BCUT2D eigenvalue weighted by Gasteiger charge is -2.32. The number of likely N-dealkylation sites (tertiary alicyclic amines) is 2. The van der Waals surface area contributed by atoms with Crippen molar-refractivity contribution in [3.8, 4) is 0 Å². The van der Waals surface area contributed by atoms with E-state index in [1.54, 1.807) is 11.9 Å². The minimum Gasteiger partial charge on any atom is -0.357 e. The topological polar surface area (TPSA) is 116 Å². The molecular weight excluding hydrogens is 576 g/mol. The van der Waals surface area contributed by atoms with Gasteiger partial charge >= 0.3 is 0 Å². The Morgan fingerprint density at radius 3 is 2.30 bits per heavy atom. The van der Waals surface area contributed by atoms with Crippen LogP contribution >= 0.6 is 15.9 Å². The molecule has 3 aliphatic rings. The normalized spacial score (nSPS) is 20.8. The molecule has 2 saturated heterocycles. The Balaban J connectivity index is 1.30. The second-order valence-corrected chi connectivity index (χ2v) is 11.6. The Labute approximate surface area is 243 Å². The van der Waals surface area contributed by atoms with Crippen LogP contribution in [0.3, 0.4) is 0 Å². The number of hydrogen-bond acceptors (Lipinski definition) is 5. The molecule has 1 aromatic carbocycles. The molecule has 2 heterocycles. The fourth-order valence-electron chi connectivity index (χ4n) is 5.51. The lowest BCUT2D eigenvalue weighted by molar-refractivity contribution is -0.142. The Kier molecular flexibility index (Phi) is 10.3. The first-order valence-electron chi connectivity index (χ1n) is 14.1. The van der Waals surface area contributed by atoms with E-state index in [1.807, 2.05) is 42.5 Å². The van der Waals surface area contributed by atoms with E-state index < -0.39 is 16.9 Å². The number of nitrogens with one attached hydrogen (secondary N) is 2. The summed E-state index contributed by atoms with van der Waals surface area (Å²) in [7, 11) is 1.56. The van der Waals surface area contributed by atoms with Crippen LogP contribution in [0, 0.1) is 0 Å². The summed E-state index contributed by atoms with van der Waals surface area (Å²) in [5, 5.41) is 5.59. The van der Waals surface area contributed by atoms with Gasteiger partial charge in [0.15, 0.2) is 0 Å². The number of carbonyl (C=O) groups excluding carboxylic acids is 5. The average Bonchev–Trinajstić information content (AvgIpc) is 3.08. The SMILES string of the molecule is CNC(=O)C(Cc1ccccc1)N1CCCCC(NC(=O)C(Br)CCCCN2C(=O)C3=CCCC=C3C2=O)C1=O. The van der Waals surface area contributed by atoms with Gasteiger partial charge in [0.05, 0.1) is 4.83 Å². The number of rotatable bonds is 11. The molecule has 3 unspecified atom stereocenters. The number of carbonyl (C=O) groups is 5. The Bertz CT molecular complexity index is 1170. The van der Waals surface area contributed by atoms with Gasteiger partial charge in [0.1, 0.15) is 12.1 Å². The molecule has 0 aromatic heterocycles. The average molecular weight is 614 g/mol. The lowest BCUT2D eigenvalue weighted by Crippen LogP contribution is -2.56. The van der Waals surface area contributed by atoms with Crippen molar-refractivity contribution in [2.75, 3.05) is 20.1 Å². The van der Waals surface area contributed by atoms with Crippen molar-refractivity contribution < 1.29 is 24.0 Å². The van der Waals surface area contributed by atoms with Crippen LogP contribution in [0.15, 0.2) is 53.6 Å². The highest BCUT2D eigenvalue weighted by Gasteiger charge is 2.39. The van der Waals surface area contributed by atoms with Gasteiger partial charge < -0.3 is 15.5 Å². The van der Waals surface area contributed by atoms with Crippen LogP contribution in [0.25, 0.3) is 0 Å². The number of benzene rings is 1. The van der Waals surface area contributed by atoms with Gasteiger partial charge in [-0.05, 0) is 50.5 Å². The van der Waals surface area contributed by atoms with Crippen molar-refractivity contribution in [2.24, 2.45) is 0 Å². The number of hydrogen-bond donors (Lipinski definition) is 2. The fourth-order valence-corrected chi connectivity index (χ4v) is 5.97. The van der Waals surface area contributed by atoms with Gasteiger partial charge in [-0.3, -0.25) is 28.9 Å². The van der Waals surface area contributed by atoms with E-state index in [4.69, 9.17) is 0 Å². The van der Waals surface area contributed by atoms with Crippen molar-refractivity contribution in [3.05, 3.63) is 59.2 Å². The van der Waals surface area contributed by atoms with Gasteiger partial charge in [0.2, 0.25) is 17.7 Å². The molecule has 1 aliphatic carbocycles. The first-order chi connectivity index (χ1) is 19.3. The van der Waals surface area contributed by atoms with E-state index in [-0.39, 0.29) is 29.5 Å². The largest absolute Gasteiger partial charge is 0.357 e. The van der Waals surface area contributed by atoms with Crippen LogP contribution in [0.4, 0.5) is 0 Å². The van der Waals surface area contributed by atoms with E-state index in [0.717, 1.165) is 31.2 Å². The predicted molar refractivity (Wildman–Crippen MR) is 154 cm³/mol. The minimum absolute atomic E-state index is 0.232. The summed E-state index contributed by atoms with van der Waals surface area (Å²) in [6.45, 7) is 0.766. The van der Waals surface area contributed by atoms with Crippen molar-refractivity contribution in [2.45, 2.75) is 74.7 Å². The molecule has 1 aromatic rings. The van der Waals surface area contributed by atoms with Gasteiger partial charge in [-0.25, -0.2) is 0 Å². The second kappa shape index (κ2) is 13.9. The highest BCUT2D eigenvalue weighted by atomic mass is 79.9. The summed E-state index contributed by atoms with van der Waals surface area (Å²) in [5.74, 6) is -1.23. The highest BCUT2D eigenvalue weighted by molar-refractivity contribution is 9.10. The molecule has 9 nitrogen and oxygen atoms in total. The Hall–Kier alpha value is -3.27. The summed E-state index contributed by atoms with van der Waals surface area (Å²) in [6, 6.07) is 8.22. The van der Waals surface area contributed by atoms with E-state index in [1.165, 1.54) is 4.90 Å². The molecule has 10 heteroatoms. The number of halogens is 1. The number of allylic oxidation sites excluding steroid dienone is 2. The van der Waals surface area contributed by atoms with Gasteiger partial charge in [0, 0.05) is 37.7 Å². The molecule has 4 rings (SSSR count). The van der Waals surface area contributed by atoms with Crippen LogP contribution in [0.1, 0.15) is 56.9 Å². The minimum atomic E-state index is -0.706. The van der Waals surface area contributed by atoms with Crippen LogP contribution in [-0.4, -0.2) is 76.4 Å². The maximum absolute atomic E-state index is 13.6. The van der Waals surface area contributed by atoms with Gasteiger partial charge in [0.25, 0.3) is 11.8 Å². The first kappa shape index (κ1) is 29.7. The van der Waals surface area contributed by atoms with Gasteiger partial charge in [-0.1, -0.05) is 64.8 Å². The number of fused-ring (bicyclic) bond motifs is 1. The Morgan fingerprint density at radius 2 is 1.65 bits per heavy atom. The molecule has 0 spiro atoms. The molecule has 0 saturated carbocycles. The lowest BCUT2D eigenvalue weighted by atomic mass is 10.0. The summed E-state index contributed by atoms with van der Waals surface area (Å²) in [6.07, 6.45) is 9.33. The monoisotopic (exact) mass is 612 g/mol. The van der Waals surface area contributed by atoms with E-state index in [9.17, 15) is 24.0 Å². The molecule has 0 radical (unpaired) electrons. The predicted octanol–water partition coefficient (Wildman–Crippen LogP) is 2.79. The number of nitrogens with zero attached hydrogens (tertiary/aromatic N) is 2. The number of alkyl halides is 1. The maximum atomic E-state index is 13.6. The molecule has 0 bridgehead atoms. The van der Waals surface area contributed by atoms with Crippen LogP contribution < -0.4 is 10.6 Å². The third-order valence-electron chi connectivity index (χ3n) is 7.72. The summed E-state index contributed by atoms with van der Waals surface area (Å²) in [5.41, 5.74) is 1.98. The highest BCUT2D eigenvalue weighted by Crippen LogP contribution is 2.29. The van der Waals surface area contributed by atoms with Crippen molar-refractivity contribution in [3.63, 3.8) is 0 Å². The van der Waals surface area contributed by atoms with E-state index in [0.29, 0.717) is 56.3 Å². The zero-order valence-corrected chi connectivity index (χ0v) is 24.5. The standard InChI is InChI=1S/C30H37BrN4O5/c1-32-27(37)25(19-20-11-3-2-4-12-20)34-17-10-8-16-24(30(34)40)33-26(36)23(31)15-7-9-18-35-28(38)21-13-5-6-14-22(21)29(35)39/h2-4,11-14,23-25H,5-10,15-19H2,1H3,(H,32,37)(H,33,36). The maximum Gasteiger partial charge on any atom is 0.261 e.